The molecule has 1 heterocycles. The van der Waals surface area contributed by atoms with Crippen LogP contribution in [0.15, 0.2) is 72.8 Å². The quantitative estimate of drug-likeness (QED) is 0.501. The minimum absolute atomic E-state index is 0.0947. The summed E-state index contributed by atoms with van der Waals surface area (Å²) in [6, 6.07) is 22.2. The van der Waals surface area contributed by atoms with Gasteiger partial charge in [-0.15, -0.1) is 0 Å². The van der Waals surface area contributed by atoms with Gasteiger partial charge in [0.1, 0.15) is 12.6 Å². The average molecular weight is 469 g/mol. The van der Waals surface area contributed by atoms with E-state index in [1.165, 1.54) is 4.90 Å². The molecule has 1 N–H and O–H groups in total. The monoisotopic (exact) mass is 468 g/mol. The van der Waals surface area contributed by atoms with Crippen LogP contribution < -0.4 is 0 Å². The summed E-state index contributed by atoms with van der Waals surface area (Å²) in [5, 5.41) is 9.70. The van der Waals surface area contributed by atoms with Gasteiger partial charge < -0.3 is 14.6 Å². The number of aliphatic carboxylic acids is 1. The second kappa shape index (κ2) is 9.61. The Morgan fingerprint density at radius 1 is 0.971 bits per heavy atom. The van der Waals surface area contributed by atoms with E-state index in [1.54, 1.807) is 24.3 Å². The van der Waals surface area contributed by atoms with Crippen LogP contribution in [-0.2, 0) is 20.9 Å². The van der Waals surface area contributed by atoms with Crippen LogP contribution in [-0.4, -0.2) is 47.4 Å². The molecule has 1 amide bonds. The first-order valence-corrected chi connectivity index (χ1v) is 11.5. The van der Waals surface area contributed by atoms with Gasteiger partial charge >= 0.3 is 12.1 Å². The van der Waals surface area contributed by atoms with Gasteiger partial charge in [0, 0.05) is 12.3 Å². The normalized spacial score (nSPS) is 18.5. The van der Waals surface area contributed by atoms with Crippen LogP contribution in [0, 0.1) is 6.57 Å². The van der Waals surface area contributed by atoms with Crippen molar-refractivity contribution in [2.24, 2.45) is 0 Å². The van der Waals surface area contributed by atoms with Gasteiger partial charge in [-0.2, -0.15) is 0 Å². The van der Waals surface area contributed by atoms with Crippen LogP contribution in [0.5, 0.6) is 0 Å². The summed E-state index contributed by atoms with van der Waals surface area (Å²) in [6.07, 6.45) is -0.872. The zero-order valence-corrected chi connectivity index (χ0v) is 19.0. The Morgan fingerprint density at radius 2 is 1.60 bits per heavy atom. The van der Waals surface area contributed by atoms with Gasteiger partial charge in [0.2, 0.25) is 0 Å². The molecule has 5 rings (SSSR count). The van der Waals surface area contributed by atoms with E-state index >= 15 is 0 Å². The molecule has 3 aromatic rings. The predicted molar refractivity (Wildman–Crippen MR) is 129 cm³/mol. The van der Waals surface area contributed by atoms with Crippen molar-refractivity contribution in [3.8, 4) is 11.1 Å². The van der Waals surface area contributed by atoms with Crippen molar-refractivity contribution < 1.29 is 24.2 Å². The van der Waals surface area contributed by atoms with Gasteiger partial charge in [0.15, 0.2) is 5.69 Å². The number of hydrogen-bond acceptors (Lipinski definition) is 4. The topological polar surface area (TPSA) is 80.4 Å². The molecule has 1 aliphatic heterocycles. The first kappa shape index (κ1) is 22.6. The molecule has 0 bridgehead atoms. The average Bonchev–Trinajstić information content (AvgIpc) is 3.46. The van der Waals surface area contributed by atoms with Gasteiger partial charge in [-0.25, -0.2) is 14.4 Å². The van der Waals surface area contributed by atoms with E-state index in [9.17, 15) is 14.7 Å². The zero-order chi connectivity index (χ0) is 24.4. The first-order valence-electron chi connectivity index (χ1n) is 11.5. The van der Waals surface area contributed by atoms with E-state index in [1.807, 2.05) is 36.4 Å². The maximum absolute atomic E-state index is 13.0. The second-order valence-corrected chi connectivity index (χ2v) is 8.76. The van der Waals surface area contributed by atoms with Gasteiger partial charge in [0.25, 0.3) is 0 Å². The third-order valence-corrected chi connectivity index (χ3v) is 6.67. The summed E-state index contributed by atoms with van der Waals surface area (Å²) in [5.74, 6) is -1.17. The van der Waals surface area contributed by atoms with E-state index < -0.39 is 24.2 Å². The highest BCUT2D eigenvalue weighted by molar-refractivity contribution is 5.81. The SMILES string of the molecule is [C-]#[N+]c1ccc(CO[C@@H]2C[C@@H](C(=O)O)N(C(=O)OCC3c4ccccc4-c4ccccc43)C2)cc1. The molecule has 1 saturated heterocycles. The molecular weight excluding hydrogens is 444 g/mol. The number of fused-ring (bicyclic) bond motifs is 3. The molecule has 1 fully saturated rings. The van der Waals surface area contributed by atoms with Crippen LogP contribution in [0.25, 0.3) is 16.0 Å². The number of carboxylic acids is 1. The fourth-order valence-electron chi connectivity index (χ4n) is 4.91. The fraction of sp³-hybridized carbons (Fsp3) is 0.250. The molecule has 0 radical (unpaired) electrons. The molecular formula is C28H24N2O5. The van der Waals surface area contributed by atoms with Crippen LogP contribution in [0.4, 0.5) is 10.5 Å². The predicted octanol–water partition coefficient (Wildman–Crippen LogP) is 5.23. The van der Waals surface area contributed by atoms with Gasteiger partial charge in [-0.1, -0.05) is 72.8 Å². The lowest BCUT2D eigenvalue weighted by Crippen LogP contribution is -2.41. The van der Waals surface area contributed by atoms with Crippen LogP contribution >= 0.6 is 0 Å². The molecule has 35 heavy (non-hydrogen) atoms. The number of carbonyl (C=O) groups excluding carboxylic acids is 1. The summed E-state index contributed by atoms with van der Waals surface area (Å²) in [5.41, 5.74) is 5.88. The van der Waals surface area contributed by atoms with Crippen molar-refractivity contribution in [1.29, 1.82) is 0 Å². The maximum Gasteiger partial charge on any atom is 0.410 e. The van der Waals surface area contributed by atoms with Gasteiger partial charge in [-0.3, -0.25) is 4.90 Å². The lowest BCUT2D eigenvalue weighted by molar-refractivity contribution is -0.141. The van der Waals surface area contributed by atoms with Crippen molar-refractivity contribution in [1.82, 2.24) is 4.90 Å². The molecule has 0 unspecified atom stereocenters. The van der Waals surface area contributed by atoms with Crippen molar-refractivity contribution in [2.45, 2.75) is 31.1 Å². The number of amides is 1. The summed E-state index contributed by atoms with van der Waals surface area (Å²) in [4.78, 5) is 29.5. The summed E-state index contributed by atoms with van der Waals surface area (Å²) < 4.78 is 11.6. The molecule has 0 aromatic heterocycles. The van der Waals surface area contributed by atoms with Crippen molar-refractivity contribution >= 4 is 17.7 Å². The molecule has 7 heteroatoms. The van der Waals surface area contributed by atoms with Crippen LogP contribution in [0.1, 0.15) is 29.0 Å². The molecule has 176 valence electrons. The Labute approximate surface area is 203 Å². The molecule has 2 aliphatic rings. The van der Waals surface area contributed by atoms with E-state index in [4.69, 9.17) is 16.0 Å². The number of carboxylic acid groups (broad SMARTS) is 1. The Morgan fingerprint density at radius 3 is 2.20 bits per heavy atom. The smallest absolute Gasteiger partial charge is 0.410 e. The Hall–Kier alpha value is -4.15. The van der Waals surface area contributed by atoms with Gasteiger partial charge in [-0.05, 0) is 27.8 Å². The van der Waals surface area contributed by atoms with Crippen molar-refractivity contribution in [2.75, 3.05) is 13.2 Å². The number of carbonyl (C=O) groups is 2. The molecule has 0 saturated carbocycles. The largest absolute Gasteiger partial charge is 0.480 e. The lowest BCUT2D eigenvalue weighted by atomic mass is 9.98. The molecule has 3 aromatic carbocycles. The Balaban J connectivity index is 1.24. The Kier molecular flexibility index (Phi) is 6.21. The lowest BCUT2D eigenvalue weighted by Gasteiger charge is -2.22. The number of likely N-dealkylation sites (tertiary alicyclic amines) is 1. The highest BCUT2D eigenvalue weighted by Crippen LogP contribution is 2.44. The highest BCUT2D eigenvalue weighted by atomic mass is 16.6. The fourth-order valence-corrected chi connectivity index (χ4v) is 4.91. The molecule has 0 spiro atoms. The maximum atomic E-state index is 13.0. The van der Waals surface area contributed by atoms with Crippen molar-refractivity contribution in [3.63, 3.8) is 0 Å². The van der Waals surface area contributed by atoms with E-state index in [0.717, 1.165) is 27.8 Å². The zero-order valence-electron chi connectivity index (χ0n) is 19.0. The minimum Gasteiger partial charge on any atom is -0.480 e. The number of benzene rings is 3. The number of hydrogen-bond donors (Lipinski definition) is 1. The first-order chi connectivity index (χ1) is 17.0. The minimum atomic E-state index is -1.08. The number of nitrogens with zero attached hydrogens (tertiary/aromatic N) is 2. The number of rotatable bonds is 6. The van der Waals surface area contributed by atoms with E-state index in [0.29, 0.717) is 5.69 Å². The van der Waals surface area contributed by atoms with Crippen LogP contribution in [0.2, 0.25) is 0 Å². The third kappa shape index (κ3) is 4.48. The third-order valence-electron chi connectivity index (χ3n) is 6.67. The molecule has 1 aliphatic carbocycles. The van der Waals surface area contributed by atoms with Gasteiger partial charge in [0.05, 0.1) is 25.8 Å². The second-order valence-electron chi connectivity index (χ2n) is 8.76. The van der Waals surface area contributed by atoms with E-state index in [2.05, 4.69) is 17.0 Å². The van der Waals surface area contributed by atoms with E-state index in [-0.39, 0.29) is 32.1 Å². The van der Waals surface area contributed by atoms with Crippen molar-refractivity contribution in [3.05, 3.63) is 101 Å². The standard InChI is InChI=1S/C28H24N2O5/c1-29-19-12-10-18(11-13-19)16-34-20-14-26(27(31)32)30(15-20)28(33)35-17-25-23-8-4-2-6-21(23)22-7-3-5-9-24(22)25/h2-13,20,25-26H,14-17H2,(H,31,32)/t20-,26+/m1/s1. The highest BCUT2D eigenvalue weighted by Gasteiger charge is 2.41. The Bertz CT molecular complexity index is 1250. The molecule has 2 atom stereocenters. The number of ether oxygens (including phenoxy) is 2. The molecule has 7 nitrogen and oxygen atoms in total. The summed E-state index contributed by atoms with van der Waals surface area (Å²) in [6.45, 7) is 7.58. The summed E-state index contributed by atoms with van der Waals surface area (Å²) >= 11 is 0. The summed E-state index contributed by atoms with van der Waals surface area (Å²) in [7, 11) is 0. The van der Waals surface area contributed by atoms with Crippen LogP contribution in [0.3, 0.4) is 0 Å².